The van der Waals surface area contributed by atoms with Crippen LogP contribution in [0.15, 0.2) is 0 Å². The van der Waals surface area contributed by atoms with E-state index in [2.05, 4.69) is 11.1 Å². The van der Waals surface area contributed by atoms with Crippen molar-refractivity contribution in [1.82, 2.24) is 0 Å². The first-order chi connectivity index (χ1) is 10.5. The van der Waals surface area contributed by atoms with Gasteiger partial charge in [-0.05, 0) is 6.42 Å². The van der Waals surface area contributed by atoms with Gasteiger partial charge in [0.25, 0.3) is 0 Å². The van der Waals surface area contributed by atoms with Crippen molar-refractivity contribution in [2.24, 2.45) is 0 Å². The third-order valence-electron chi connectivity index (χ3n) is 3.46. The molecule has 0 saturated heterocycles. The normalized spacial score (nSPS) is 13.4. The summed E-state index contributed by atoms with van der Waals surface area (Å²) < 4.78 is 38.7. The number of unbranched alkanes of at least 4 members (excludes halogenated alkanes) is 9. The van der Waals surface area contributed by atoms with Crippen LogP contribution < -0.4 is 0 Å². The number of ether oxygens (including phenoxy) is 1. The third kappa shape index (κ3) is 16.2. The fraction of sp³-hybridized carbons (Fsp3) is 1.00. The monoisotopic (exact) mass is 340 g/mol. The number of rotatable bonds is 16. The zero-order valence-corrected chi connectivity index (χ0v) is 14.5. The van der Waals surface area contributed by atoms with E-state index in [4.69, 9.17) is 14.4 Å². The van der Waals surface area contributed by atoms with E-state index in [9.17, 15) is 8.42 Å². The minimum atomic E-state index is -4.47. The van der Waals surface area contributed by atoms with E-state index in [1.54, 1.807) is 0 Å². The van der Waals surface area contributed by atoms with Gasteiger partial charge in [-0.2, -0.15) is 8.42 Å². The van der Waals surface area contributed by atoms with Gasteiger partial charge in [-0.25, -0.2) is 4.18 Å². The molecule has 0 amide bonds. The highest BCUT2D eigenvalue weighted by atomic mass is 32.3. The average Bonchev–Trinajstić information content (AvgIpc) is 2.46. The number of hydrogen-bond acceptors (Lipinski definition) is 5. The molecule has 0 saturated carbocycles. The lowest BCUT2D eigenvalue weighted by Crippen LogP contribution is -2.26. The third-order valence-corrected chi connectivity index (χ3v) is 3.89. The van der Waals surface area contributed by atoms with Gasteiger partial charge in [-0.15, -0.1) is 0 Å². The van der Waals surface area contributed by atoms with Crippen molar-refractivity contribution in [3.8, 4) is 0 Å². The van der Waals surface area contributed by atoms with Crippen LogP contribution in [0.2, 0.25) is 0 Å². The molecule has 22 heavy (non-hydrogen) atoms. The maximum absolute atomic E-state index is 10.4. The van der Waals surface area contributed by atoms with Crippen LogP contribution in [0, 0.1) is 0 Å². The Labute approximate surface area is 135 Å². The molecule has 0 rings (SSSR count). The SMILES string of the molecule is CCCCCCCCCCCCOC(CO)COS(=O)(=O)O. The maximum atomic E-state index is 10.4. The van der Waals surface area contributed by atoms with Crippen molar-refractivity contribution in [3.63, 3.8) is 0 Å². The first-order valence-electron chi connectivity index (χ1n) is 8.34. The highest BCUT2D eigenvalue weighted by Crippen LogP contribution is 2.10. The molecule has 1 atom stereocenters. The number of aliphatic hydroxyl groups is 1. The average molecular weight is 340 g/mol. The minimum absolute atomic E-state index is 0.340. The summed E-state index contributed by atoms with van der Waals surface area (Å²) in [7, 11) is -4.47. The molecule has 0 radical (unpaired) electrons. The number of hydrogen-bond donors (Lipinski definition) is 2. The van der Waals surface area contributed by atoms with E-state index < -0.39 is 16.5 Å². The molecule has 0 aromatic rings. The van der Waals surface area contributed by atoms with E-state index in [0.29, 0.717) is 6.61 Å². The predicted molar refractivity (Wildman–Crippen MR) is 86.2 cm³/mol. The van der Waals surface area contributed by atoms with Crippen molar-refractivity contribution >= 4 is 10.4 Å². The van der Waals surface area contributed by atoms with Crippen LogP contribution in [0.1, 0.15) is 71.1 Å². The van der Waals surface area contributed by atoms with Gasteiger partial charge in [0.05, 0.1) is 13.2 Å². The van der Waals surface area contributed by atoms with Crippen molar-refractivity contribution < 1.29 is 27.0 Å². The highest BCUT2D eigenvalue weighted by Gasteiger charge is 2.13. The van der Waals surface area contributed by atoms with E-state index in [-0.39, 0.29) is 13.2 Å². The minimum Gasteiger partial charge on any atom is -0.394 e. The fourth-order valence-corrected chi connectivity index (χ4v) is 2.48. The predicted octanol–water partition coefficient (Wildman–Crippen LogP) is 3.10. The summed E-state index contributed by atoms with van der Waals surface area (Å²) in [5.41, 5.74) is 0. The van der Waals surface area contributed by atoms with Crippen LogP contribution in [0.5, 0.6) is 0 Å². The van der Waals surface area contributed by atoms with Crippen LogP contribution in [0.4, 0.5) is 0 Å². The Morgan fingerprint density at radius 1 is 0.909 bits per heavy atom. The van der Waals surface area contributed by atoms with Crippen molar-refractivity contribution in [1.29, 1.82) is 0 Å². The molecule has 0 spiro atoms. The molecule has 6 nitrogen and oxygen atoms in total. The van der Waals surface area contributed by atoms with Gasteiger partial charge in [0.2, 0.25) is 0 Å². The van der Waals surface area contributed by atoms with Crippen LogP contribution in [0.25, 0.3) is 0 Å². The van der Waals surface area contributed by atoms with E-state index in [0.717, 1.165) is 12.8 Å². The maximum Gasteiger partial charge on any atom is 0.397 e. The molecule has 0 aliphatic rings. The van der Waals surface area contributed by atoms with Gasteiger partial charge < -0.3 is 9.84 Å². The Bertz CT molecular complexity index is 331. The van der Waals surface area contributed by atoms with Gasteiger partial charge in [-0.1, -0.05) is 64.7 Å². The first-order valence-corrected chi connectivity index (χ1v) is 9.70. The second-order valence-corrected chi connectivity index (χ2v) is 6.66. The van der Waals surface area contributed by atoms with Crippen molar-refractivity contribution in [3.05, 3.63) is 0 Å². The molecule has 1 unspecified atom stereocenters. The van der Waals surface area contributed by atoms with Gasteiger partial charge >= 0.3 is 10.4 Å². The first kappa shape index (κ1) is 21.8. The smallest absolute Gasteiger partial charge is 0.394 e. The summed E-state index contributed by atoms with van der Waals surface area (Å²) >= 11 is 0. The number of aliphatic hydroxyl groups excluding tert-OH is 1. The summed E-state index contributed by atoms with van der Waals surface area (Å²) in [6, 6.07) is 0. The van der Waals surface area contributed by atoms with Crippen LogP contribution >= 0.6 is 0 Å². The van der Waals surface area contributed by atoms with E-state index in [1.165, 1.54) is 51.4 Å². The standard InChI is InChI=1S/C15H32O6S/c1-2-3-4-5-6-7-8-9-10-11-12-20-15(13-16)14-21-22(17,18)19/h15-16H,2-14H2,1H3,(H,17,18,19). The molecule has 134 valence electrons. The molecule has 0 aromatic carbocycles. The van der Waals surface area contributed by atoms with Crippen molar-refractivity contribution in [2.75, 3.05) is 19.8 Å². The van der Waals surface area contributed by atoms with Crippen molar-refractivity contribution in [2.45, 2.75) is 77.2 Å². The van der Waals surface area contributed by atoms with Gasteiger partial charge in [0, 0.05) is 6.61 Å². The molecule has 0 aliphatic heterocycles. The lowest BCUT2D eigenvalue weighted by atomic mass is 10.1. The summed E-state index contributed by atoms with van der Waals surface area (Å²) in [4.78, 5) is 0. The Hall–Kier alpha value is -0.210. The second kappa shape index (κ2) is 14.4. The highest BCUT2D eigenvalue weighted by molar-refractivity contribution is 7.80. The lowest BCUT2D eigenvalue weighted by Gasteiger charge is -2.14. The molecule has 7 heteroatoms. The molecule has 0 bridgehead atoms. The Morgan fingerprint density at radius 3 is 1.86 bits per heavy atom. The van der Waals surface area contributed by atoms with Crippen LogP contribution in [-0.2, 0) is 19.3 Å². The quantitative estimate of drug-likeness (QED) is 0.331. The molecule has 0 heterocycles. The largest absolute Gasteiger partial charge is 0.397 e. The second-order valence-electron chi connectivity index (χ2n) is 5.57. The summed E-state index contributed by atoms with van der Waals surface area (Å²) in [5, 5.41) is 9.00. The van der Waals surface area contributed by atoms with Gasteiger partial charge in [0.15, 0.2) is 0 Å². The lowest BCUT2D eigenvalue weighted by molar-refractivity contribution is -0.0156. The fourth-order valence-electron chi connectivity index (χ4n) is 2.15. The van der Waals surface area contributed by atoms with E-state index >= 15 is 0 Å². The molecule has 0 aromatic heterocycles. The Balaban J connectivity index is 3.36. The van der Waals surface area contributed by atoms with Gasteiger partial charge in [0.1, 0.15) is 6.10 Å². The molecule has 0 aliphatic carbocycles. The summed E-state index contributed by atoms with van der Waals surface area (Å²) in [6.45, 7) is 1.97. The zero-order chi connectivity index (χ0) is 16.7. The van der Waals surface area contributed by atoms with Crippen LogP contribution in [-0.4, -0.2) is 44.0 Å². The van der Waals surface area contributed by atoms with Crippen LogP contribution in [0.3, 0.4) is 0 Å². The molecule has 0 fully saturated rings. The molecular formula is C15H32O6S. The van der Waals surface area contributed by atoms with E-state index in [1.807, 2.05) is 0 Å². The zero-order valence-electron chi connectivity index (χ0n) is 13.7. The summed E-state index contributed by atoms with van der Waals surface area (Å²) in [5.74, 6) is 0. The molecule has 2 N–H and O–H groups in total. The molecular weight excluding hydrogens is 308 g/mol. The Kier molecular flexibility index (Phi) is 14.2. The van der Waals surface area contributed by atoms with Gasteiger partial charge in [-0.3, -0.25) is 4.55 Å². The summed E-state index contributed by atoms with van der Waals surface area (Å²) in [6.07, 6.45) is 11.5. The Morgan fingerprint density at radius 2 is 1.41 bits per heavy atom. The topological polar surface area (TPSA) is 93.1 Å².